The van der Waals surface area contributed by atoms with Gasteiger partial charge in [0.25, 0.3) is 5.56 Å². The molecule has 0 amide bonds. The van der Waals surface area contributed by atoms with Crippen molar-refractivity contribution in [1.82, 2.24) is 14.5 Å². The molecule has 1 atom stereocenters. The molecule has 9 heteroatoms. The average molecular weight is 530 g/mol. The summed E-state index contributed by atoms with van der Waals surface area (Å²) in [5.41, 5.74) is 13.2. The van der Waals surface area contributed by atoms with Gasteiger partial charge < -0.3 is 20.1 Å². The molecule has 2 aromatic heterocycles. The number of rotatable bonds is 1. The van der Waals surface area contributed by atoms with E-state index in [1.807, 2.05) is 25.3 Å². The molecule has 4 aliphatic rings. The van der Waals surface area contributed by atoms with Gasteiger partial charge in [0, 0.05) is 44.5 Å². The van der Waals surface area contributed by atoms with Crippen LogP contribution in [0.5, 0.6) is 0 Å². The van der Waals surface area contributed by atoms with Crippen molar-refractivity contribution in [3.8, 4) is 0 Å². The van der Waals surface area contributed by atoms with Crippen molar-refractivity contribution in [2.45, 2.75) is 59.0 Å². The number of nitrogens with two attached hydrogens (primary N) is 1. The normalized spacial score (nSPS) is 20.8. The van der Waals surface area contributed by atoms with Gasteiger partial charge in [-0.2, -0.15) is 0 Å². The number of fused-ring (bicyclic) bond motifs is 3. The highest BCUT2D eigenvalue weighted by Crippen LogP contribution is 2.51. The summed E-state index contributed by atoms with van der Waals surface area (Å²) in [7, 11) is 1.79. The first-order valence-corrected chi connectivity index (χ1v) is 13.5. The number of pyridine rings is 1. The van der Waals surface area contributed by atoms with E-state index in [9.17, 15) is 9.18 Å². The smallest absolute Gasteiger partial charge is 0.255 e. The summed E-state index contributed by atoms with van der Waals surface area (Å²) in [4.78, 5) is 32.1. The molecule has 1 aromatic carbocycles. The molecular formula is C30H36FN7O. The lowest BCUT2D eigenvalue weighted by Crippen LogP contribution is -2.45. The molecule has 39 heavy (non-hydrogen) atoms. The minimum atomic E-state index is -0.213. The molecule has 7 rings (SSSR count). The molecule has 1 spiro atoms. The number of piperidine rings is 1. The first-order valence-electron chi connectivity index (χ1n) is 13.5. The predicted octanol–water partition coefficient (Wildman–Crippen LogP) is 3.81. The molecule has 3 aliphatic heterocycles. The SMILES string of the molecule is C.Cc1nc2c(nc1N1CCC3(CC1)Cc1ccc(F)cc1[C@H]3N)CN=C2N1CCCc2c1ccn(C)c2=O. The number of aryl methyl sites for hydroxylation is 2. The summed E-state index contributed by atoms with van der Waals surface area (Å²) in [6, 6.07) is 6.94. The van der Waals surface area contributed by atoms with Crippen LogP contribution in [0.15, 0.2) is 40.2 Å². The molecule has 1 fully saturated rings. The fourth-order valence-electron chi connectivity index (χ4n) is 6.97. The van der Waals surface area contributed by atoms with Crippen molar-refractivity contribution in [2.75, 3.05) is 29.4 Å². The first-order chi connectivity index (χ1) is 18.3. The number of hydrogen-bond donors (Lipinski definition) is 1. The standard InChI is InChI=1S/C29H32FN7O.CH4/c1-17-26(36-12-8-29(9-13-36)15-18-5-6-19(30)14-21(18)25(29)31)34-22-16-32-27(24(22)33-17)37-10-3-4-20-23(37)7-11-35(2)28(20)38;/h5-7,11,14,25H,3-4,8-10,12-13,15-16,31H2,1-2H3;1H4/t25-;/m1./s1. The quantitative estimate of drug-likeness (QED) is 0.515. The molecule has 5 heterocycles. The van der Waals surface area contributed by atoms with Crippen molar-refractivity contribution in [3.63, 3.8) is 0 Å². The van der Waals surface area contributed by atoms with Crippen LogP contribution >= 0.6 is 0 Å². The summed E-state index contributed by atoms with van der Waals surface area (Å²) >= 11 is 0. The van der Waals surface area contributed by atoms with Gasteiger partial charge in [-0.3, -0.25) is 9.79 Å². The minimum Gasteiger partial charge on any atom is -0.355 e. The van der Waals surface area contributed by atoms with Gasteiger partial charge in [-0.15, -0.1) is 0 Å². The van der Waals surface area contributed by atoms with Crippen molar-refractivity contribution in [2.24, 2.45) is 23.2 Å². The molecule has 0 unspecified atom stereocenters. The summed E-state index contributed by atoms with van der Waals surface area (Å²) in [6.45, 7) is 5.00. The molecule has 8 nitrogen and oxygen atoms in total. The van der Waals surface area contributed by atoms with Crippen molar-refractivity contribution >= 4 is 17.3 Å². The van der Waals surface area contributed by atoms with Crippen LogP contribution in [-0.4, -0.2) is 40.0 Å². The number of anilines is 2. The molecule has 1 saturated heterocycles. The van der Waals surface area contributed by atoms with Gasteiger partial charge in [0.1, 0.15) is 17.3 Å². The second kappa shape index (κ2) is 9.26. The van der Waals surface area contributed by atoms with E-state index in [0.29, 0.717) is 6.54 Å². The Morgan fingerprint density at radius 1 is 1.13 bits per heavy atom. The van der Waals surface area contributed by atoms with Crippen molar-refractivity contribution in [3.05, 3.63) is 80.4 Å². The third kappa shape index (κ3) is 3.89. The Balaban J connectivity index is 0.00000277. The van der Waals surface area contributed by atoms with Gasteiger partial charge in [-0.05, 0) is 73.8 Å². The molecule has 0 radical (unpaired) electrons. The van der Waals surface area contributed by atoms with Crippen LogP contribution in [0.2, 0.25) is 0 Å². The van der Waals surface area contributed by atoms with Crippen LogP contribution in [0.4, 0.5) is 15.9 Å². The van der Waals surface area contributed by atoms with E-state index in [4.69, 9.17) is 20.7 Å². The lowest BCUT2D eigenvalue weighted by atomic mass is 9.73. The maximum atomic E-state index is 13.9. The van der Waals surface area contributed by atoms with Crippen LogP contribution in [-0.2, 0) is 26.4 Å². The lowest BCUT2D eigenvalue weighted by Gasteiger charge is -2.43. The number of aliphatic imine (C=N–C) groups is 1. The van der Waals surface area contributed by atoms with Gasteiger partial charge in [-0.1, -0.05) is 13.5 Å². The maximum Gasteiger partial charge on any atom is 0.255 e. The highest BCUT2D eigenvalue weighted by Gasteiger charge is 2.46. The molecule has 204 valence electrons. The molecule has 3 aromatic rings. The molecule has 2 N–H and O–H groups in total. The minimum absolute atomic E-state index is 0. The second-order valence-electron chi connectivity index (χ2n) is 11.3. The van der Waals surface area contributed by atoms with E-state index in [2.05, 4.69) is 9.80 Å². The van der Waals surface area contributed by atoms with Gasteiger partial charge in [-0.25, -0.2) is 14.4 Å². The Labute approximate surface area is 228 Å². The number of nitrogens with zero attached hydrogens (tertiary/aromatic N) is 6. The van der Waals surface area contributed by atoms with Gasteiger partial charge >= 0.3 is 0 Å². The highest BCUT2D eigenvalue weighted by atomic mass is 19.1. The zero-order chi connectivity index (χ0) is 26.2. The van der Waals surface area contributed by atoms with Crippen LogP contribution in [0, 0.1) is 18.2 Å². The fourth-order valence-corrected chi connectivity index (χ4v) is 6.97. The summed E-state index contributed by atoms with van der Waals surface area (Å²) in [5, 5.41) is 0. The van der Waals surface area contributed by atoms with Gasteiger partial charge in [0.05, 0.1) is 23.6 Å². The zero-order valence-electron chi connectivity index (χ0n) is 21.9. The van der Waals surface area contributed by atoms with E-state index in [1.165, 1.54) is 5.56 Å². The Kier molecular flexibility index (Phi) is 6.10. The first kappa shape index (κ1) is 25.7. The number of aromatic nitrogens is 3. The number of amidine groups is 1. The molecule has 0 bridgehead atoms. The van der Waals surface area contributed by atoms with E-state index in [0.717, 1.165) is 97.3 Å². The van der Waals surface area contributed by atoms with E-state index in [1.54, 1.807) is 23.7 Å². The van der Waals surface area contributed by atoms with E-state index < -0.39 is 0 Å². The largest absolute Gasteiger partial charge is 0.355 e. The second-order valence-corrected chi connectivity index (χ2v) is 11.3. The Bertz CT molecular complexity index is 1550. The Hall–Kier alpha value is -3.59. The molecular weight excluding hydrogens is 493 g/mol. The number of halogens is 1. The van der Waals surface area contributed by atoms with Gasteiger partial charge in [0.15, 0.2) is 5.84 Å². The zero-order valence-corrected chi connectivity index (χ0v) is 21.9. The lowest BCUT2D eigenvalue weighted by molar-refractivity contribution is 0.187. The number of hydrogen-bond acceptors (Lipinski definition) is 7. The van der Waals surface area contributed by atoms with Crippen LogP contribution in [0.3, 0.4) is 0 Å². The number of benzene rings is 1. The average Bonchev–Trinajstić information content (AvgIpc) is 3.44. The summed E-state index contributed by atoms with van der Waals surface area (Å²) < 4.78 is 15.5. The Morgan fingerprint density at radius 2 is 1.92 bits per heavy atom. The third-order valence-electron chi connectivity index (χ3n) is 9.11. The Morgan fingerprint density at radius 3 is 2.72 bits per heavy atom. The molecule has 0 saturated carbocycles. The van der Waals surface area contributed by atoms with E-state index >= 15 is 0 Å². The molecule has 1 aliphatic carbocycles. The topological polar surface area (TPSA) is 92.6 Å². The predicted molar refractivity (Wildman–Crippen MR) is 152 cm³/mol. The van der Waals surface area contributed by atoms with Gasteiger partial charge in [0.2, 0.25) is 0 Å². The highest BCUT2D eigenvalue weighted by molar-refractivity contribution is 6.11. The van der Waals surface area contributed by atoms with Crippen LogP contribution < -0.4 is 21.1 Å². The monoisotopic (exact) mass is 529 g/mol. The fraction of sp³-hybridized carbons (Fsp3) is 0.467. The van der Waals surface area contributed by atoms with E-state index in [-0.39, 0.29) is 30.3 Å². The maximum absolute atomic E-state index is 13.9. The van der Waals surface area contributed by atoms with Crippen molar-refractivity contribution in [1.29, 1.82) is 0 Å². The summed E-state index contributed by atoms with van der Waals surface area (Å²) in [6.07, 6.45) is 6.28. The third-order valence-corrected chi connectivity index (χ3v) is 9.11. The van der Waals surface area contributed by atoms with Crippen LogP contribution in [0.25, 0.3) is 0 Å². The summed E-state index contributed by atoms with van der Waals surface area (Å²) in [5.74, 6) is 1.52. The van der Waals surface area contributed by atoms with Crippen LogP contribution in [0.1, 0.15) is 66.5 Å². The van der Waals surface area contributed by atoms with Crippen molar-refractivity contribution < 1.29 is 4.39 Å².